The number of nitrogens with zero attached hydrogens (tertiary/aromatic N) is 3. The molecule has 3 aromatic rings. The fourth-order valence-corrected chi connectivity index (χ4v) is 3.52. The first-order valence-electron chi connectivity index (χ1n) is 8.90. The van der Waals surface area contributed by atoms with Gasteiger partial charge in [-0.2, -0.15) is 5.10 Å². The number of hydrogen-bond acceptors (Lipinski definition) is 4. The topological polar surface area (TPSA) is 77.2 Å². The van der Waals surface area contributed by atoms with Crippen LogP contribution in [0, 0.1) is 24.6 Å². The lowest BCUT2D eigenvalue weighted by Crippen LogP contribution is -2.07. The van der Waals surface area contributed by atoms with Gasteiger partial charge in [0.2, 0.25) is 0 Å². The van der Waals surface area contributed by atoms with Crippen LogP contribution in [0.3, 0.4) is 0 Å². The van der Waals surface area contributed by atoms with Gasteiger partial charge in [0, 0.05) is 17.6 Å². The highest BCUT2D eigenvalue weighted by molar-refractivity contribution is 6.05. The van der Waals surface area contributed by atoms with Crippen molar-refractivity contribution in [3.8, 4) is 5.88 Å². The number of benzene rings is 1. The number of hydrogen-bond donors (Lipinski definition) is 1. The van der Waals surface area contributed by atoms with E-state index in [1.807, 2.05) is 4.57 Å². The average molecular weight is 369 g/mol. The summed E-state index contributed by atoms with van der Waals surface area (Å²) in [7, 11) is 0. The second kappa shape index (κ2) is 6.64. The number of rotatable bonds is 6. The summed E-state index contributed by atoms with van der Waals surface area (Å²) < 4.78 is 20.9. The van der Waals surface area contributed by atoms with Crippen LogP contribution < -0.4 is 4.74 Å². The molecule has 1 aromatic carbocycles. The van der Waals surface area contributed by atoms with Gasteiger partial charge in [0.1, 0.15) is 17.9 Å². The van der Waals surface area contributed by atoms with Gasteiger partial charge in [-0.15, -0.1) is 5.10 Å². The molecular weight excluding hydrogens is 349 g/mol. The molecule has 140 valence electrons. The summed E-state index contributed by atoms with van der Waals surface area (Å²) in [5.41, 5.74) is 2.36. The Morgan fingerprint density at radius 1 is 1.37 bits per heavy atom. The van der Waals surface area contributed by atoms with Gasteiger partial charge in [-0.25, -0.2) is 9.18 Å². The minimum absolute atomic E-state index is 0.195. The van der Waals surface area contributed by atoms with Crippen molar-refractivity contribution in [3.63, 3.8) is 0 Å². The van der Waals surface area contributed by atoms with Crippen molar-refractivity contribution in [2.75, 3.05) is 0 Å². The highest BCUT2D eigenvalue weighted by Crippen LogP contribution is 2.41. The van der Waals surface area contributed by atoms with E-state index in [4.69, 9.17) is 4.74 Å². The number of aromatic carboxylic acids is 1. The number of carbonyl (C=O) groups is 1. The summed E-state index contributed by atoms with van der Waals surface area (Å²) >= 11 is 0. The van der Waals surface area contributed by atoms with Gasteiger partial charge < -0.3 is 14.4 Å². The van der Waals surface area contributed by atoms with Gasteiger partial charge in [0.05, 0.1) is 11.8 Å². The molecule has 0 saturated heterocycles. The van der Waals surface area contributed by atoms with Crippen LogP contribution in [0.5, 0.6) is 5.88 Å². The van der Waals surface area contributed by atoms with Crippen molar-refractivity contribution in [1.29, 1.82) is 0 Å². The predicted octanol–water partition coefficient (Wildman–Crippen LogP) is 3.81. The molecule has 0 spiro atoms. The summed E-state index contributed by atoms with van der Waals surface area (Å²) in [6.07, 6.45) is 2.61. The number of aromatic nitrogens is 3. The molecule has 1 saturated carbocycles. The molecule has 0 bridgehead atoms. The molecule has 2 atom stereocenters. The molecule has 0 aliphatic heterocycles. The zero-order valence-corrected chi connectivity index (χ0v) is 15.1. The second-order valence-corrected chi connectivity index (χ2v) is 7.18. The van der Waals surface area contributed by atoms with Crippen LogP contribution in [-0.2, 0) is 13.2 Å². The maximum atomic E-state index is 13.1. The molecule has 1 N–H and O–H groups in total. The zero-order chi connectivity index (χ0) is 19.1. The third-order valence-electron chi connectivity index (χ3n) is 5.29. The van der Waals surface area contributed by atoms with E-state index in [1.165, 1.54) is 18.3 Å². The third-order valence-corrected chi connectivity index (χ3v) is 5.29. The van der Waals surface area contributed by atoms with E-state index >= 15 is 0 Å². The lowest BCUT2D eigenvalue weighted by molar-refractivity contribution is 0.0698. The van der Waals surface area contributed by atoms with Gasteiger partial charge in [-0.05, 0) is 42.9 Å². The van der Waals surface area contributed by atoms with Crippen LogP contribution in [0.25, 0.3) is 10.9 Å². The minimum atomic E-state index is -0.988. The number of ether oxygens (including phenoxy) is 1. The average Bonchev–Trinajstić information content (AvgIpc) is 3.25. The number of halogens is 1. The van der Waals surface area contributed by atoms with E-state index in [-0.39, 0.29) is 18.0 Å². The highest BCUT2D eigenvalue weighted by Gasteiger charge is 2.34. The van der Waals surface area contributed by atoms with Crippen molar-refractivity contribution in [2.45, 2.75) is 33.4 Å². The normalized spacial score (nSPS) is 18.6. The number of carboxylic acid groups (broad SMARTS) is 1. The molecule has 4 rings (SSSR count). The first-order valence-corrected chi connectivity index (χ1v) is 8.90. The van der Waals surface area contributed by atoms with Gasteiger partial charge in [-0.1, -0.05) is 19.1 Å². The maximum Gasteiger partial charge on any atom is 0.338 e. The molecule has 2 aromatic heterocycles. The molecule has 6 nitrogen and oxygen atoms in total. The van der Waals surface area contributed by atoms with Crippen LogP contribution >= 0.6 is 0 Å². The van der Waals surface area contributed by atoms with E-state index in [2.05, 4.69) is 17.1 Å². The van der Waals surface area contributed by atoms with Crippen molar-refractivity contribution in [2.24, 2.45) is 11.8 Å². The summed E-state index contributed by atoms with van der Waals surface area (Å²) in [6.45, 7) is 4.92. The van der Waals surface area contributed by atoms with Crippen LogP contribution in [0.15, 0.2) is 30.5 Å². The quantitative estimate of drug-likeness (QED) is 0.715. The van der Waals surface area contributed by atoms with Crippen molar-refractivity contribution in [3.05, 3.63) is 53.1 Å². The Morgan fingerprint density at radius 3 is 2.70 bits per heavy atom. The zero-order valence-electron chi connectivity index (χ0n) is 15.1. The Hall–Kier alpha value is -2.96. The smallest absolute Gasteiger partial charge is 0.338 e. The SMILES string of the molecule is Cc1c(C(=O)O)c2cnnc(OCc3ccc(F)cc3)c2n1CC1C[C@@H]1C. The van der Waals surface area contributed by atoms with Gasteiger partial charge in [0.25, 0.3) is 5.88 Å². The van der Waals surface area contributed by atoms with Crippen LogP contribution in [0.4, 0.5) is 4.39 Å². The van der Waals surface area contributed by atoms with E-state index in [0.717, 1.165) is 18.5 Å². The van der Waals surface area contributed by atoms with Crippen LogP contribution in [-0.4, -0.2) is 25.8 Å². The molecule has 0 amide bonds. The Morgan fingerprint density at radius 2 is 2.07 bits per heavy atom. The summed E-state index contributed by atoms with van der Waals surface area (Å²) in [5.74, 6) is 0.153. The largest absolute Gasteiger partial charge is 0.478 e. The van der Waals surface area contributed by atoms with Crippen molar-refractivity contribution >= 4 is 16.9 Å². The predicted molar refractivity (Wildman–Crippen MR) is 97.2 cm³/mol. The number of carboxylic acids is 1. The van der Waals surface area contributed by atoms with E-state index in [0.29, 0.717) is 34.3 Å². The van der Waals surface area contributed by atoms with Gasteiger partial charge in [-0.3, -0.25) is 0 Å². The Balaban J connectivity index is 1.74. The molecule has 1 fully saturated rings. The Bertz CT molecular complexity index is 1010. The lowest BCUT2D eigenvalue weighted by Gasteiger charge is -2.11. The minimum Gasteiger partial charge on any atom is -0.478 e. The number of fused-ring (bicyclic) bond motifs is 1. The summed E-state index contributed by atoms with van der Waals surface area (Å²) in [6, 6.07) is 6.02. The molecule has 27 heavy (non-hydrogen) atoms. The standard InChI is InChI=1S/C20H20FN3O3/c1-11-7-14(11)9-24-12(2)17(20(25)26)16-8-22-23-19(18(16)24)27-10-13-3-5-15(21)6-4-13/h3-6,8,11,14H,7,9-10H2,1-2H3,(H,25,26)/t11-,14?/m0/s1. The first-order chi connectivity index (χ1) is 13.0. The van der Waals surface area contributed by atoms with Crippen LogP contribution in [0.1, 0.15) is 35.0 Å². The fraction of sp³-hybridized carbons (Fsp3) is 0.350. The molecule has 2 heterocycles. The van der Waals surface area contributed by atoms with E-state index < -0.39 is 5.97 Å². The van der Waals surface area contributed by atoms with Gasteiger partial charge >= 0.3 is 5.97 Å². The van der Waals surface area contributed by atoms with Gasteiger partial charge in [0.15, 0.2) is 0 Å². The van der Waals surface area contributed by atoms with Crippen LogP contribution in [0.2, 0.25) is 0 Å². The molecule has 1 aliphatic carbocycles. The first kappa shape index (κ1) is 17.5. The second-order valence-electron chi connectivity index (χ2n) is 7.18. The maximum absolute atomic E-state index is 13.1. The van der Waals surface area contributed by atoms with E-state index in [9.17, 15) is 14.3 Å². The fourth-order valence-electron chi connectivity index (χ4n) is 3.52. The van der Waals surface area contributed by atoms with Crippen molar-refractivity contribution < 1.29 is 19.0 Å². The summed E-state index contributed by atoms with van der Waals surface area (Å²) in [4.78, 5) is 11.8. The molecule has 1 aliphatic rings. The summed E-state index contributed by atoms with van der Waals surface area (Å²) in [5, 5.41) is 18.2. The highest BCUT2D eigenvalue weighted by atomic mass is 19.1. The molecule has 1 unspecified atom stereocenters. The van der Waals surface area contributed by atoms with Crippen molar-refractivity contribution in [1.82, 2.24) is 14.8 Å². The Kier molecular flexibility index (Phi) is 4.30. The van der Waals surface area contributed by atoms with E-state index in [1.54, 1.807) is 19.1 Å². The molecule has 0 radical (unpaired) electrons. The Labute approximate surface area is 155 Å². The monoisotopic (exact) mass is 369 g/mol. The molecular formula is C20H20FN3O3. The third kappa shape index (κ3) is 3.25. The lowest BCUT2D eigenvalue weighted by atomic mass is 10.2. The molecule has 7 heteroatoms.